The monoisotopic (exact) mass is 819 g/mol. The van der Waals surface area contributed by atoms with Crippen molar-refractivity contribution in [2.24, 2.45) is 4.99 Å². The quantitative estimate of drug-likeness (QED) is 0.176. The van der Waals surface area contributed by atoms with Crippen LogP contribution < -0.4 is 10.6 Å². The fourth-order valence-electron chi connectivity index (χ4n) is 10.3. The third-order valence-electron chi connectivity index (χ3n) is 13.2. The van der Waals surface area contributed by atoms with Crippen LogP contribution in [0, 0.1) is 0 Å². The topological polar surface area (TPSA) is 46.3 Å². The Kier molecular flexibility index (Phi) is 8.36. The minimum Gasteiger partial charge on any atom is -0.350 e. The summed E-state index contributed by atoms with van der Waals surface area (Å²) in [6.07, 6.45) is -0.426. The number of amidine groups is 1. The van der Waals surface area contributed by atoms with E-state index in [1.807, 2.05) is 6.07 Å². The molecule has 1 aliphatic heterocycles. The number of para-hydroxylation sites is 2. The summed E-state index contributed by atoms with van der Waals surface area (Å²) < 4.78 is 4.97. The van der Waals surface area contributed by atoms with Crippen molar-refractivity contribution in [2.75, 3.05) is 0 Å². The molecular formula is C59H41N5. The van der Waals surface area contributed by atoms with Crippen molar-refractivity contribution >= 4 is 71.0 Å². The molecule has 302 valence electrons. The molecule has 0 fully saturated rings. The molecule has 64 heavy (non-hydrogen) atoms. The number of hydrogen-bond acceptors (Lipinski definition) is 3. The van der Waals surface area contributed by atoms with Crippen molar-refractivity contribution < 1.29 is 0 Å². The molecule has 0 bridgehead atoms. The summed E-state index contributed by atoms with van der Waals surface area (Å²) in [7, 11) is 0. The first-order valence-electron chi connectivity index (χ1n) is 22.0. The van der Waals surface area contributed by atoms with Gasteiger partial charge in [-0.2, -0.15) is 0 Å². The predicted octanol–water partition coefficient (Wildman–Crippen LogP) is 14.2. The number of rotatable bonds is 6. The van der Waals surface area contributed by atoms with Gasteiger partial charge in [-0.05, 0) is 75.5 Å². The molecule has 2 N–H and O–H groups in total. The summed E-state index contributed by atoms with van der Waals surface area (Å²) in [4.78, 5) is 5.20. The van der Waals surface area contributed by atoms with Crippen LogP contribution in [0.25, 0.3) is 87.7 Å². The van der Waals surface area contributed by atoms with E-state index in [1.165, 1.54) is 70.8 Å². The molecule has 5 heteroatoms. The van der Waals surface area contributed by atoms with E-state index in [9.17, 15) is 0 Å². The van der Waals surface area contributed by atoms with Crippen LogP contribution in [0.3, 0.4) is 0 Å². The zero-order valence-electron chi connectivity index (χ0n) is 34.9. The lowest BCUT2D eigenvalue weighted by Gasteiger charge is -2.33. The van der Waals surface area contributed by atoms with E-state index in [0.717, 1.165) is 39.4 Å². The van der Waals surface area contributed by atoms with E-state index in [-0.39, 0.29) is 12.3 Å². The van der Waals surface area contributed by atoms with Crippen molar-refractivity contribution in [1.29, 1.82) is 0 Å². The lowest BCUT2D eigenvalue weighted by atomic mass is 9.95. The fraction of sp³-hybridized carbons (Fsp3) is 0.0339. The van der Waals surface area contributed by atoms with Gasteiger partial charge in [-0.15, -0.1) is 0 Å². The molecular weight excluding hydrogens is 779 g/mol. The maximum Gasteiger partial charge on any atom is 0.131 e. The van der Waals surface area contributed by atoms with Gasteiger partial charge in [-0.3, -0.25) is 5.32 Å². The zero-order chi connectivity index (χ0) is 42.1. The average Bonchev–Trinajstić information content (AvgIpc) is 3.87. The van der Waals surface area contributed by atoms with Gasteiger partial charge in [0.25, 0.3) is 0 Å². The molecule has 0 aliphatic carbocycles. The Morgan fingerprint density at radius 3 is 1.72 bits per heavy atom. The summed E-state index contributed by atoms with van der Waals surface area (Å²) in [6, 6.07) is 81.2. The Labute approximate surface area is 370 Å². The minimum absolute atomic E-state index is 0.202. The summed E-state index contributed by atoms with van der Waals surface area (Å²) in [6.45, 7) is 0. The Balaban J connectivity index is 1.06. The molecule has 13 rings (SSSR count). The van der Waals surface area contributed by atoms with E-state index >= 15 is 0 Å². The molecule has 3 heterocycles. The van der Waals surface area contributed by atoms with Crippen LogP contribution in [0.1, 0.15) is 29.0 Å². The maximum atomic E-state index is 5.20. The third-order valence-corrected chi connectivity index (χ3v) is 13.2. The zero-order valence-corrected chi connectivity index (χ0v) is 34.9. The SMILES string of the molecule is c1ccc(C2=NC(c3ccccc3)NC(c3ccc(-n4c5ccccc5c5cc6c7cc(-c8ccccc8)c8ccccc8c7n(-c7ccccc7)c6cc54)c4ccccc34)N2)cc1. The molecule has 0 saturated carbocycles. The molecule has 10 aromatic carbocycles. The molecule has 2 aromatic heterocycles. The van der Waals surface area contributed by atoms with Crippen LogP contribution in [0.2, 0.25) is 0 Å². The first-order valence-corrected chi connectivity index (χ1v) is 22.0. The van der Waals surface area contributed by atoms with Crippen LogP contribution in [-0.2, 0) is 0 Å². The van der Waals surface area contributed by atoms with Crippen molar-refractivity contribution in [2.45, 2.75) is 12.3 Å². The van der Waals surface area contributed by atoms with Crippen LogP contribution in [0.4, 0.5) is 0 Å². The number of hydrogen-bond donors (Lipinski definition) is 2. The second-order valence-electron chi connectivity index (χ2n) is 16.8. The Morgan fingerprint density at radius 2 is 0.969 bits per heavy atom. The normalized spacial score (nSPS) is 15.3. The van der Waals surface area contributed by atoms with E-state index in [2.05, 4.69) is 238 Å². The van der Waals surface area contributed by atoms with Crippen LogP contribution in [0.5, 0.6) is 0 Å². The number of benzene rings is 10. The lowest BCUT2D eigenvalue weighted by molar-refractivity contribution is 0.411. The molecule has 5 nitrogen and oxygen atoms in total. The molecule has 0 spiro atoms. The smallest absolute Gasteiger partial charge is 0.131 e. The first kappa shape index (κ1) is 36.4. The Bertz CT molecular complexity index is 3780. The largest absolute Gasteiger partial charge is 0.350 e. The standard InChI is InChI=1S/C59H41N5/c1-5-19-38(20-6-1)48-35-51-50-36-49-45-30-17-18-32-52(45)64(55(49)37-54(50)63(41-25-11-4-12-26-41)56(51)46-31-16-14-28-43(46)48)53-34-33-47(42-27-13-15-29-44(42)53)59-61-57(39-21-7-2-8-22-39)60-58(62-59)40-23-9-3-10-24-40/h1-37,57,59,61H,(H,60,62). The minimum atomic E-state index is -0.224. The highest BCUT2D eigenvalue weighted by atomic mass is 15.3. The molecule has 2 atom stereocenters. The van der Waals surface area contributed by atoms with Gasteiger partial charge in [0.15, 0.2) is 0 Å². The van der Waals surface area contributed by atoms with E-state index in [0.29, 0.717) is 0 Å². The van der Waals surface area contributed by atoms with Crippen molar-refractivity contribution in [3.63, 3.8) is 0 Å². The molecule has 1 aliphatic rings. The second-order valence-corrected chi connectivity index (χ2v) is 16.8. The lowest BCUT2D eigenvalue weighted by Crippen LogP contribution is -2.45. The van der Waals surface area contributed by atoms with Gasteiger partial charge < -0.3 is 14.5 Å². The summed E-state index contributed by atoms with van der Waals surface area (Å²) in [5.74, 6) is 0.871. The molecule has 0 amide bonds. The summed E-state index contributed by atoms with van der Waals surface area (Å²) in [5, 5.41) is 17.4. The molecule has 12 aromatic rings. The first-order chi connectivity index (χ1) is 31.8. The van der Waals surface area contributed by atoms with E-state index < -0.39 is 0 Å². The second kappa shape index (κ2) is 14.7. The number of fused-ring (bicyclic) bond motifs is 9. The Hall–Kier alpha value is -8.25. The number of nitrogens with one attached hydrogen (secondary N) is 2. The predicted molar refractivity (Wildman–Crippen MR) is 267 cm³/mol. The highest BCUT2D eigenvalue weighted by Crippen LogP contribution is 2.45. The number of aromatic nitrogens is 2. The van der Waals surface area contributed by atoms with Crippen LogP contribution >= 0.6 is 0 Å². The van der Waals surface area contributed by atoms with E-state index in [4.69, 9.17) is 4.99 Å². The van der Waals surface area contributed by atoms with Gasteiger partial charge in [0.2, 0.25) is 0 Å². The number of nitrogens with zero attached hydrogens (tertiary/aromatic N) is 3. The van der Waals surface area contributed by atoms with Crippen molar-refractivity contribution in [3.8, 4) is 22.5 Å². The van der Waals surface area contributed by atoms with Gasteiger partial charge in [0.05, 0.1) is 27.8 Å². The average molecular weight is 820 g/mol. The molecule has 0 radical (unpaired) electrons. The van der Waals surface area contributed by atoms with Gasteiger partial charge in [-0.25, -0.2) is 4.99 Å². The van der Waals surface area contributed by atoms with Gasteiger partial charge >= 0.3 is 0 Å². The van der Waals surface area contributed by atoms with Crippen LogP contribution in [0.15, 0.2) is 229 Å². The third kappa shape index (κ3) is 5.72. The van der Waals surface area contributed by atoms with Gasteiger partial charge in [-0.1, -0.05) is 182 Å². The fourth-order valence-corrected chi connectivity index (χ4v) is 10.3. The van der Waals surface area contributed by atoms with Crippen LogP contribution in [-0.4, -0.2) is 15.0 Å². The van der Waals surface area contributed by atoms with E-state index in [1.54, 1.807) is 0 Å². The Morgan fingerprint density at radius 1 is 0.391 bits per heavy atom. The maximum absolute atomic E-state index is 5.20. The highest BCUT2D eigenvalue weighted by Gasteiger charge is 2.28. The number of aliphatic imine (C=N–C) groups is 1. The molecule has 0 saturated heterocycles. The summed E-state index contributed by atoms with van der Waals surface area (Å²) >= 11 is 0. The van der Waals surface area contributed by atoms with Gasteiger partial charge in [0, 0.05) is 43.6 Å². The summed E-state index contributed by atoms with van der Waals surface area (Å²) in [5.41, 5.74) is 12.8. The van der Waals surface area contributed by atoms with Crippen molar-refractivity contribution in [3.05, 3.63) is 241 Å². The van der Waals surface area contributed by atoms with Gasteiger partial charge in [0.1, 0.15) is 18.2 Å². The highest BCUT2D eigenvalue weighted by molar-refractivity contribution is 6.25. The van der Waals surface area contributed by atoms with Crippen molar-refractivity contribution in [1.82, 2.24) is 19.8 Å². The molecule has 2 unspecified atom stereocenters.